The molecule has 3 aromatic rings. The van der Waals surface area contributed by atoms with Crippen LogP contribution in [-0.2, 0) is 12.7 Å². The van der Waals surface area contributed by atoms with Crippen molar-refractivity contribution >= 4 is 34.2 Å². The van der Waals surface area contributed by atoms with Gasteiger partial charge in [0.1, 0.15) is 0 Å². The molecule has 1 saturated heterocycles. The number of carbonyl (C=O) groups is 1. The van der Waals surface area contributed by atoms with Crippen molar-refractivity contribution < 1.29 is 18.0 Å². The summed E-state index contributed by atoms with van der Waals surface area (Å²) < 4.78 is 40.0. The molecule has 1 aromatic carbocycles. The van der Waals surface area contributed by atoms with Gasteiger partial charge >= 0.3 is 6.18 Å². The second-order valence-electron chi connectivity index (χ2n) is 8.17. The lowest BCUT2D eigenvalue weighted by Gasteiger charge is -2.32. The number of carbonyl (C=O) groups excluding carboxylic acids is 1. The Kier molecular flexibility index (Phi) is 6.60. The number of rotatable bonds is 5. The number of aryl methyl sites for hydroxylation is 1. The highest BCUT2D eigenvalue weighted by molar-refractivity contribution is 6.39. The standard InChI is InChI=1S/C22H24ClF3N6O/c1-14-18-19(23)17(21(33)28-16-5-3-15(4-6-16)22(24,25)26)13-27-20(18)32(29-14)12-11-31-9-7-30(2)8-10-31/h3-6,13H,7-12H2,1-2H3,(H,28,33). The van der Waals surface area contributed by atoms with Crippen LogP contribution in [0.1, 0.15) is 21.6 Å². The van der Waals surface area contributed by atoms with Crippen LogP contribution in [0.5, 0.6) is 0 Å². The molecule has 1 fully saturated rings. The van der Waals surface area contributed by atoms with Gasteiger partial charge in [0.25, 0.3) is 5.91 Å². The van der Waals surface area contributed by atoms with E-state index in [-0.39, 0.29) is 16.3 Å². The Morgan fingerprint density at radius 1 is 1.12 bits per heavy atom. The van der Waals surface area contributed by atoms with Gasteiger partial charge in [0.15, 0.2) is 5.65 Å². The first kappa shape index (κ1) is 23.5. The topological polar surface area (TPSA) is 66.3 Å². The Bertz CT molecular complexity index is 1150. The largest absolute Gasteiger partial charge is 0.416 e. The summed E-state index contributed by atoms with van der Waals surface area (Å²) in [5.41, 5.74) is 0.818. The van der Waals surface area contributed by atoms with Gasteiger partial charge in [-0.05, 0) is 38.2 Å². The molecule has 0 saturated carbocycles. The quantitative estimate of drug-likeness (QED) is 0.599. The number of pyridine rings is 1. The van der Waals surface area contributed by atoms with Crippen LogP contribution in [0.15, 0.2) is 30.5 Å². The first-order valence-electron chi connectivity index (χ1n) is 10.5. The Hall–Kier alpha value is -2.69. The van der Waals surface area contributed by atoms with Crippen molar-refractivity contribution in [1.29, 1.82) is 0 Å². The summed E-state index contributed by atoms with van der Waals surface area (Å²) in [5, 5.41) is 7.94. The fourth-order valence-electron chi connectivity index (χ4n) is 3.84. The maximum atomic E-state index is 12.7. The predicted octanol–water partition coefficient (Wildman–Crippen LogP) is 3.91. The second kappa shape index (κ2) is 9.28. The van der Waals surface area contributed by atoms with Crippen molar-refractivity contribution in [2.24, 2.45) is 0 Å². The Morgan fingerprint density at radius 3 is 2.42 bits per heavy atom. The third-order valence-electron chi connectivity index (χ3n) is 5.81. The number of piperazine rings is 1. The van der Waals surface area contributed by atoms with E-state index in [9.17, 15) is 18.0 Å². The average molecular weight is 481 g/mol. The summed E-state index contributed by atoms with van der Waals surface area (Å²) in [7, 11) is 2.11. The van der Waals surface area contributed by atoms with Crippen molar-refractivity contribution in [3.63, 3.8) is 0 Å². The number of hydrogen-bond donors (Lipinski definition) is 1. The molecule has 0 aliphatic carbocycles. The molecule has 1 aliphatic rings. The van der Waals surface area contributed by atoms with E-state index >= 15 is 0 Å². The predicted molar refractivity (Wildman–Crippen MR) is 121 cm³/mol. The highest BCUT2D eigenvalue weighted by Gasteiger charge is 2.30. The Balaban J connectivity index is 1.50. The number of likely N-dealkylation sites (N-methyl/N-ethyl adjacent to an activating group) is 1. The minimum atomic E-state index is -4.44. The second-order valence-corrected chi connectivity index (χ2v) is 8.55. The molecule has 1 amide bonds. The Morgan fingerprint density at radius 2 is 1.79 bits per heavy atom. The summed E-state index contributed by atoms with van der Waals surface area (Å²) >= 11 is 6.55. The lowest BCUT2D eigenvalue weighted by atomic mass is 10.1. The van der Waals surface area contributed by atoms with Crippen LogP contribution in [0.2, 0.25) is 5.02 Å². The van der Waals surface area contributed by atoms with Gasteiger partial charge in [0.05, 0.1) is 33.8 Å². The van der Waals surface area contributed by atoms with Gasteiger partial charge in [0.2, 0.25) is 0 Å². The van der Waals surface area contributed by atoms with Crippen LogP contribution in [0, 0.1) is 6.92 Å². The van der Waals surface area contributed by atoms with E-state index < -0.39 is 17.6 Å². The third kappa shape index (κ3) is 5.13. The van der Waals surface area contributed by atoms with Crippen LogP contribution in [0.4, 0.5) is 18.9 Å². The fraction of sp³-hybridized carbons (Fsp3) is 0.409. The number of aromatic nitrogens is 3. The van der Waals surface area contributed by atoms with Crippen molar-refractivity contribution in [3.05, 3.63) is 52.3 Å². The smallest absolute Gasteiger partial charge is 0.322 e. The van der Waals surface area contributed by atoms with Gasteiger partial charge in [-0.1, -0.05) is 11.6 Å². The molecule has 1 aliphatic heterocycles. The highest BCUT2D eigenvalue weighted by atomic mass is 35.5. The summed E-state index contributed by atoms with van der Waals surface area (Å²) in [5.74, 6) is -0.557. The number of alkyl halides is 3. The van der Waals surface area contributed by atoms with E-state index in [4.69, 9.17) is 11.6 Å². The van der Waals surface area contributed by atoms with Crippen molar-refractivity contribution in [2.75, 3.05) is 45.1 Å². The zero-order valence-electron chi connectivity index (χ0n) is 18.3. The van der Waals surface area contributed by atoms with Crippen molar-refractivity contribution in [2.45, 2.75) is 19.6 Å². The molecule has 4 rings (SSSR count). The molecule has 7 nitrogen and oxygen atoms in total. The third-order valence-corrected chi connectivity index (χ3v) is 6.20. The normalized spacial score (nSPS) is 15.8. The van der Waals surface area contributed by atoms with Crippen LogP contribution in [-0.4, -0.2) is 70.2 Å². The molecular formula is C22H24ClF3N6O. The molecule has 176 valence electrons. The molecule has 0 unspecified atom stereocenters. The van der Waals surface area contributed by atoms with Crippen LogP contribution >= 0.6 is 11.6 Å². The summed E-state index contributed by atoms with van der Waals surface area (Å²) in [6.45, 7) is 7.34. The van der Waals surface area contributed by atoms with Crippen molar-refractivity contribution in [3.8, 4) is 0 Å². The number of nitrogens with one attached hydrogen (secondary N) is 1. The van der Waals surface area contributed by atoms with Gasteiger partial charge in [0, 0.05) is 44.6 Å². The number of benzene rings is 1. The summed E-state index contributed by atoms with van der Waals surface area (Å²) in [4.78, 5) is 21.8. The molecular weight excluding hydrogens is 457 g/mol. The molecule has 1 N–H and O–H groups in total. The summed E-state index contributed by atoms with van der Waals surface area (Å²) in [6, 6.07) is 4.21. The number of fused-ring (bicyclic) bond motifs is 1. The van der Waals surface area contributed by atoms with Crippen LogP contribution < -0.4 is 5.32 Å². The van der Waals surface area contributed by atoms with E-state index in [2.05, 4.69) is 32.2 Å². The first-order chi connectivity index (χ1) is 15.6. The lowest BCUT2D eigenvalue weighted by molar-refractivity contribution is -0.137. The monoisotopic (exact) mass is 480 g/mol. The van der Waals surface area contributed by atoms with Gasteiger partial charge in [-0.15, -0.1) is 0 Å². The van der Waals surface area contributed by atoms with E-state index in [0.29, 0.717) is 23.3 Å². The minimum Gasteiger partial charge on any atom is -0.322 e. The summed E-state index contributed by atoms with van der Waals surface area (Å²) in [6.07, 6.45) is -3.07. The molecule has 0 spiro atoms. The number of halogens is 4. The van der Waals surface area contributed by atoms with E-state index in [1.165, 1.54) is 18.3 Å². The zero-order chi connectivity index (χ0) is 23.8. The Labute approximate surface area is 194 Å². The van der Waals surface area contributed by atoms with Gasteiger partial charge in [-0.2, -0.15) is 18.3 Å². The number of nitrogens with zero attached hydrogens (tertiary/aromatic N) is 5. The SMILES string of the molecule is Cc1nn(CCN2CCN(C)CC2)c2ncc(C(=O)Nc3ccc(C(F)(F)F)cc3)c(Cl)c12. The van der Waals surface area contributed by atoms with Gasteiger partial charge < -0.3 is 10.2 Å². The maximum Gasteiger partial charge on any atom is 0.416 e. The van der Waals surface area contributed by atoms with Crippen LogP contribution in [0.25, 0.3) is 11.0 Å². The zero-order valence-corrected chi connectivity index (χ0v) is 19.0. The molecule has 3 heterocycles. The minimum absolute atomic E-state index is 0.130. The maximum absolute atomic E-state index is 12.7. The first-order valence-corrected chi connectivity index (χ1v) is 10.9. The average Bonchev–Trinajstić information content (AvgIpc) is 3.09. The number of amides is 1. The van der Waals surface area contributed by atoms with E-state index in [1.807, 2.05) is 0 Å². The molecule has 2 aromatic heterocycles. The molecule has 0 bridgehead atoms. The molecule has 0 atom stereocenters. The van der Waals surface area contributed by atoms with E-state index in [0.717, 1.165) is 44.9 Å². The molecule has 11 heteroatoms. The van der Waals surface area contributed by atoms with Crippen LogP contribution in [0.3, 0.4) is 0 Å². The van der Waals surface area contributed by atoms with Gasteiger partial charge in [-0.3, -0.25) is 9.69 Å². The lowest BCUT2D eigenvalue weighted by Crippen LogP contribution is -2.45. The molecule has 0 radical (unpaired) electrons. The van der Waals surface area contributed by atoms with Crippen molar-refractivity contribution in [1.82, 2.24) is 24.6 Å². The van der Waals surface area contributed by atoms with Gasteiger partial charge in [-0.25, -0.2) is 9.67 Å². The fourth-order valence-corrected chi connectivity index (χ4v) is 4.19. The number of hydrogen-bond acceptors (Lipinski definition) is 5. The molecule has 33 heavy (non-hydrogen) atoms. The van der Waals surface area contributed by atoms with E-state index in [1.54, 1.807) is 11.6 Å². The highest BCUT2D eigenvalue weighted by Crippen LogP contribution is 2.31. The number of anilines is 1.